The fourth-order valence-electron chi connectivity index (χ4n) is 1.10. The maximum absolute atomic E-state index is 10.7. The van der Waals surface area contributed by atoms with Crippen molar-refractivity contribution in [3.05, 3.63) is 29.8 Å². The quantitative estimate of drug-likeness (QED) is 0.846. The Balaban J connectivity index is 2.61. The number of hydrogen-bond acceptors (Lipinski definition) is 4. The Hall–Kier alpha value is -0.810. The highest BCUT2D eigenvalue weighted by atomic mass is 33.1. The molecule has 0 spiro atoms. The molecule has 1 aromatic rings. The molecule has 0 saturated carbocycles. The monoisotopic (exact) mass is 271 g/mol. The summed E-state index contributed by atoms with van der Waals surface area (Å²) >= 11 is 0. The predicted molar refractivity (Wildman–Crippen MR) is 75.3 cm³/mol. The van der Waals surface area contributed by atoms with Crippen LogP contribution in [0.1, 0.15) is 26.3 Å². The molecule has 1 aromatic carbocycles. The molecule has 1 rings (SSSR count). The number of benzene rings is 1. The smallest absolute Gasteiger partial charge is 0.409 e. The lowest BCUT2D eigenvalue weighted by Gasteiger charge is -2.16. The third kappa shape index (κ3) is 5.89. The summed E-state index contributed by atoms with van der Waals surface area (Å²) in [6, 6.07) is 7.44. The minimum absolute atomic E-state index is 0.212. The summed E-state index contributed by atoms with van der Waals surface area (Å²) in [6.45, 7) is 6.49. The molecular weight excluding hydrogens is 254 g/mol. The third-order valence-corrected chi connectivity index (χ3v) is 4.96. The number of hydrogen-bond donors (Lipinski definition) is 1. The average molecular weight is 271 g/mol. The van der Waals surface area contributed by atoms with Gasteiger partial charge in [-0.05, 0) is 6.07 Å². The first kappa shape index (κ1) is 14.3. The predicted octanol–water partition coefficient (Wildman–Crippen LogP) is 3.82. The van der Waals surface area contributed by atoms with E-state index >= 15 is 0 Å². The van der Waals surface area contributed by atoms with Crippen molar-refractivity contribution < 1.29 is 9.53 Å². The molecule has 5 heteroatoms. The van der Waals surface area contributed by atoms with E-state index in [2.05, 4.69) is 20.8 Å². The summed E-state index contributed by atoms with van der Waals surface area (Å²) in [6.07, 6.45) is -0.772. The third-order valence-electron chi connectivity index (χ3n) is 1.71. The van der Waals surface area contributed by atoms with Gasteiger partial charge in [0.25, 0.3) is 0 Å². The van der Waals surface area contributed by atoms with E-state index < -0.39 is 6.09 Å². The number of carbonyl (C=O) groups is 1. The van der Waals surface area contributed by atoms with Gasteiger partial charge in [0.2, 0.25) is 0 Å². The molecule has 0 aliphatic heterocycles. The van der Waals surface area contributed by atoms with Crippen molar-refractivity contribution in [1.29, 1.82) is 0 Å². The van der Waals surface area contributed by atoms with Crippen molar-refractivity contribution in [2.24, 2.45) is 5.73 Å². The second-order valence-corrected chi connectivity index (χ2v) is 7.61. The second kappa shape index (κ2) is 6.21. The van der Waals surface area contributed by atoms with Crippen LogP contribution in [-0.2, 0) is 5.75 Å². The van der Waals surface area contributed by atoms with E-state index in [1.807, 2.05) is 18.2 Å². The SMILES string of the molecule is CC(C)(C)SSCc1ccccc1OC(N)=O. The molecule has 0 aliphatic rings. The Labute approximate surface area is 110 Å². The molecule has 0 bridgehead atoms. The number of ether oxygens (including phenoxy) is 1. The first-order chi connectivity index (χ1) is 7.88. The zero-order valence-electron chi connectivity index (χ0n) is 10.2. The van der Waals surface area contributed by atoms with Gasteiger partial charge in [0.05, 0.1) is 0 Å². The molecule has 2 N–H and O–H groups in total. The first-order valence-corrected chi connectivity index (χ1v) is 7.56. The average Bonchev–Trinajstić information content (AvgIpc) is 2.18. The van der Waals surface area contributed by atoms with E-state index in [0.29, 0.717) is 5.75 Å². The van der Waals surface area contributed by atoms with Crippen LogP contribution in [0.25, 0.3) is 0 Å². The first-order valence-electron chi connectivity index (χ1n) is 5.24. The number of para-hydroxylation sites is 1. The fourth-order valence-corrected chi connectivity index (χ4v) is 3.50. The van der Waals surface area contributed by atoms with Crippen molar-refractivity contribution in [3.8, 4) is 5.75 Å². The maximum Gasteiger partial charge on any atom is 0.409 e. The number of amides is 1. The Bertz CT molecular complexity index is 388. The molecule has 0 saturated heterocycles. The second-order valence-electron chi connectivity index (χ2n) is 4.49. The van der Waals surface area contributed by atoms with Gasteiger partial charge in [0, 0.05) is 16.1 Å². The summed E-state index contributed by atoms with van der Waals surface area (Å²) in [4.78, 5) is 10.7. The largest absolute Gasteiger partial charge is 0.410 e. The van der Waals surface area contributed by atoms with Crippen molar-refractivity contribution in [3.63, 3.8) is 0 Å². The standard InChI is InChI=1S/C12H17NO2S2/c1-12(2,3)17-16-8-9-6-4-5-7-10(9)15-11(13)14/h4-7H,8H2,1-3H3,(H2,13,14). The topological polar surface area (TPSA) is 52.3 Å². The fraction of sp³-hybridized carbons (Fsp3) is 0.417. The van der Waals surface area contributed by atoms with E-state index in [1.54, 1.807) is 27.7 Å². The van der Waals surface area contributed by atoms with Crippen LogP contribution in [0.3, 0.4) is 0 Å². The van der Waals surface area contributed by atoms with E-state index in [0.717, 1.165) is 11.3 Å². The van der Waals surface area contributed by atoms with E-state index in [-0.39, 0.29) is 4.75 Å². The van der Waals surface area contributed by atoms with Crippen molar-refractivity contribution >= 4 is 27.7 Å². The van der Waals surface area contributed by atoms with Crippen molar-refractivity contribution in [2.75, 3.05) is 0 Å². The lowest BCUT2D eigenvalue weighted by atomic mass is 10.2. The molecule has 0 aromatic heterocycles. The molecule has 94 valence electrons. The van der Waals surface area contributed by atoms with Crippen LogP contribution in [0.5, 0.6) is 5.75 Å². The van der Waals surface area contributed by atoms with Crippen LogP contribution in [0, 0.1) is 0 Å². The number of rotatable bonds is 4. The van der Waals surface area contributed by atoms with E-state index in [1.165, 1.54) is 0 Å². The van der Waals surface area contributed by atoms with Crippen molar-refractivity contribution in [2.45, 2.75) is 31.3 Å². The number of primary amides is 1. The summed E-state index contributed by atoms with van der Waals surface area (Å²) in [5.41, 5.74) is 6.00. The van der Waals surface area contributed by atoms with Gasteiger partial charge in [0.15, 0.2) is 0 Å². The van der Waals surface area contributed by atoms with Gasteiger partial charge < -0.3 is 10.5 Å². The van der Waals surface area contributed by atoms with Gasteiger partial charge in [-0.2, -0.15) is 0 Å². The highest BCUT2D eigenvalue weighted by Crippen LogP contribution is 2.38. The molecule has 3 nitrogen and oxygen atoms in total. The van der Waals surface area contributed by atoms with Crippen LogP contribution >= 0.6 is 21.6 Å². The van der Waals surface area contributed by atoms with Gasteiger partial charge in [-0.25, -0.2) is 4.79 Å². The zero-order valence-corrected chi connectivity index (χ0v) is 11.9. The number of nitrogens with two attached hydrogens (primary N) is 1. The molecule has 0 fully saturated rings. The Morgan fingerprint density at radius 2 is 2.00 bits per heavy atom. The minimum atomic E-state index is -0.772. The van der Waals surface area contributed by atoms with Gasteiger partial charge >= 0.3 is 6.09 Å². The lowest BCUT2D eigenvalue weighted by molar-refractivity contribution is 0.210. The Morgan fingerprint density at radius 3 is 2.59 bits per heavy atom. The maximum atomic E-state index is 10.7. The summed E-state index contributed by atoms with van der Waals surface area (Å²) in [5.74, 6) is 1.33. The molecule has 17 heavy (non-hydrogen) atoms. The summed E-state index contributed by atoms with van der Waals surface area (Å²) in [7, 11) is 3.54. The normalized spacial score (nSPS) is 11.2. The van der Waals surface area contributed by atoms with Gasteiger partial charge in [-0.1, -0.05) is 60.6 Å². The highest BCUT2D eigenvalue weighted by molar-refractivity contribution is 8.76. The van der Waals surface area contributed by atoms with Crippen molar-refractivity contribution in [1.82, 2.24) is 0 Å². The molecule has 0 atom stereocenters. The molecule has 0 radical (unpaired) electrons. The summed E-state index contributed by atoms with van der Waals surface area (Å²) in [5, 5.41) is 0. The molecule has 0 heterocycles. The van der Waals surface area contributed by atoms with Crippen LogP contribution in [0.2, 0.25) is 0 Å². The number of carbonyl (C=O) groups excluding carboxylic acids is 1. The van der Waals surface area contributed by atoms with E-state index in [9.17, 15) is 4.79 Å². The molecule has 1 amide bonds. The molecule has 0 unspecified atom stereocenters. The summed E-state index contributed by atoms with van der Waals surface area (Å²) < 4.78 is 5.16. The van der Waals surface area contributed by atoms with Crippen LogP contribution in [-0.4, -0.2) is 10.8 Å². The Kier molecular flexibility index (Phi) is 5.21. The van der Waals surface area contributed by atoms with Gasteiger partial charge in [0.1, 0.15) is 5.75 Å². The van der Waals surface area contributed by atoms with Gasteiger partial charge in [-0.15, -0.1) is 0 Å². The van der Waals surface area contributed by atoms with Gasteiger partial charge in [-0.3, -0.25) is 0 Å². The van der Waals surface area contributed by atoms with Crippen LogP contribution in [0.15, 0.2) is 24.3 Å². The van der Waals surface area contributed by atoms with Crippen LogP contribution < -0.4 is 10.5 Å². The van der Waals surface area contributed by atoms with Crippen LogP contribution in [0.4, 0.5) is 4.79 Å². The van der Waals surface area contributed by atoms with E-state index in [4.69, 9.17) is 10.5 Å². The Morgan fingerprint density at radius 1 is 1.35 bits per heavy atom. The minimum Gasteiger partial charge on any atom is -0.410 e. The zero-order chi connectivity index (χ0) is 12.9. The highest BCUT2D eigenvalue weighted by Gasteiger charge is 2.12. The molecule has 0 aliphatic carbocycles. The lowest BCUT2D eigenvalue weighted by Crippen LogP contribution is -2.17. The molecular formula is C12H17NO2S2.